The summed E-state index contributed by atoms with van der Waals surface area (Å²) in [5.74, 6) is -5.87. The highest BCUT2D eigenvalue weighted by Crippen LogP contribution is 2.34. The molecule has 0 bridgehead atoms. The molecule has 52 heavy (non-hydrogen) atoms. The first-order valence-corrected chi connectivity index (χ1v) is 13.5. The van der Waals surface area contributed by atoms with Crippen molar-refractivity contribution >= 4 is 35.7 Å². The van der Waals surface area contributed by atoms with Crippen molar-refractivity contribution in [3.63, 3.8) is 0 Å². The number of phenols is 1. The quantitative estimate of drug-likeness (QED) is 0.0529. The first kappa shape index (κ1) is 45.9. The van der Waals surface area contributed by atoms with Gasteiger partial charge < -0.3 is 37.4 Å². The van der Waals surface area contributed by atoms with Gasteiger partial charge >= 0.3 is 25.0 Å². The van der Waals surface area contributed by atoms with Gasteiger partial charge in [-0.3, -0.25) is 24.4 Å². The Labute approximate surface area is 285 Å². The lowest BCUT2D eigenvalue weighted by atomic mass is 10.1. The van der Waals surface area contributed by atoms with Crippen LogP contribution in [0.1, 0.15) is 30.5 Å². The smallest absolute Gasteiger partial charge is 0.490 e. The monoisotopic (exact) mass is 765 g/mol. The lowest BCUT2D eigenvalue weighted by Crippen LogP contribution is -2.35. The molecule has 0 aliphatic carbocycles. The minimum absolute atomic E-state index is 0.0855. The van der Waals surface area contributed by atoms with Gasteiger partial charge in [0, 0.05) is 23.8 Å². The number of rotatable bonds is 8. The van der Waals surface area contributed by atoms with Crippen LogP contribution in [-0.4, -0.2) is 68.0 Å². The normalized spacial score (nSPS) is 10.8. The van der Waals surface area contributed by atoms with Gasteiger partial charge in [-0.15, -0.1) is 0 Å². The van der Waals surface area contributed by atoms with Crippen molar-refractivity contribution in [1.29, 1.82) is 5.41 Å². The van der Waals surface area contributed by atoms with Crippen LogP contribution in [0.25, 0.3) is 11.3 Å². The third kappa shape index (κ3) is 15.6. The number of benzene rings is 2. The summed E-state index contributed by atoms with van der Waals surface area (Å²) >= 11 is 0. The molecule has 3 rings (SSSR count). The SMILES string of the molecule is CC(C)Nc1ncc(-c2cc(N)cc(C(F)(F)F)c2)n(CC(=O)NCc2cc(O)c(C(=N)N)c(F)c2)c1=O.FC(F)F.O=C(O)C(F)(F)F.O=CO. The zero-order chi connectivity index (χ0) is 40.7. The number of alkyl halides is 9. The largest absolute Gasteiger partial charge is 0.507 e. The van der Waals surface area contributed by atoms with E-state index in [0.717, 1.165) is 35.0 Å². The summed E-state index contributed by atoms with van der Waals surface area (Å²) in [7, 11) is 0. The van der Waals surface area contributed by atoms with Crippen LogP contribution in [0.2, 0.25) is 0 Å². The lowest BCUT2D eigenvalue weighted by Gasteiger charge is -2.17. The van der Waals surface area contributed by atoms with Gasteiger partial charge in [0.05, 0.1) is 23.0 Å². The molecule has 1 heterocycles. The fourth-order valence-corrected chi connectivity index (χ4v) is 3.63. The number of nitrogens with zero attached hydrogens (tertiary/aromatic N) is 2. The Morgan fingerprint density at radius 3 is 2.00 bits per heavy atom. The number of carboxylic acids is 1. The first-order valence-electron chi connectivity index (χ1n) is 13.5. The van der Waals surface area contributed by atoms with E-state index in [0.29, 0.717) is 0 Å². The van der Waals surface area contributed by atoms with Crippen LogP contribution in [-0.2, 0) is 33.6 Å². The molecule has 14 nitrogen and oxygen atoms in total. The molecule has 1 aromatic heterocycles. The van der Waals surface area contributed by atoms with E-state index in [1.807, 2.05) is 0 Å². The molecule has 0 unspecified atom stereocenters. The van der Waals surface area contributed by atoms with E-state index in [9.17, 15) is 58.6 Å². The number of carboxylic acid groups (broad SMARTS) is 2. The summed E-state index contributed by atoms with van der Waals surface area (Å²) in [5, 5.41) is 36.5. The number of nitrogens with one attached hydrogen (secondary N) is 3. The zero-order valence-corrected chi connectivity index (χ0v) is 26.4. The van der Waals surface area contributed by atoms with Crippen LogP contribution < -0.4 is 27.7 Å². The van der Waals surface area contributed by atoms with Crippen LogP contribution in [0, 0.1) is 11.2 Å². The molecule has 0 aliphatic rings. The molecule has 3 aromatic rings. The van der Waals surface area contributed by atoms with Crippen molar-refractivity contribution in [1.82, 2.24) is 14.9 Å². The van der Waals surface area contributed by atoms with Gasteiger partial charge in [-0.25, -0.2) is 14.2 Å². The fraction of sp³-hybridized carbons (Fsp3) is 0.286. The summed E-state index contributed by atoms with van der Waals surface area (Å²) in [6, 6.07) is 4.62. The summed E-state index contributed by atoms with van der Waals surface area (Å²) in [4.78, 5) is 47.2. The van der Waals surface area contributed by atoms with E-state index in [4.69, 9.17) is 36.7 Å². The van der Waals surface area contributed by atoms with E-state index >= 15 is 0 Å². The highest BCUT2D eigenvalue weighted by atomic mass is 19.4. The Kier molecular flexibility index (Phi) is 17.6. The number of hydrogen-bond donors (Lipinski definition) is 8. The number of amidine groups is 1. The number of nitrogen functional groups attached to an aromatic ring is 2. The molecule has 0 aliphatic heterocycles. The molecule has 0 saturated heterocycles. The van der Waals surface area contributed by atoms with E-state index in [1.54, 1.807) is 13.8 Å². The molecule has 0 atom stereocenters. The number of carbonyl (C=O) groups excluding carboxylic acids is 1. The summed E-state index contributed by atoms with van der Waals surface area (Å²) in [6.45, 7) is -1.33. The number of aromatic hydroxyl groups is 1. The molecular formula is C28H29F10N7O7. The fourth-order valence-electron chi connectivity index (χ4n) is 3.63. The maximum absolute atomic E-state index is 14.2. The standard InChI is InChI=1S/C24H25F4N7O3.C2HF3O2.CHF3.CH2O2/c1-11(2)34-22-23(38)35(17(9-33-22)13-5-14(24(26,27)28)7-15(29)6-13)10-19(37)32-8-12-3-16(25)20(21(30)31)18(36)4-12;3-2(4,5)1(6)7;2-1(3)4;2-1-3/h3-7,9,11,36H,8,10,29H2,1-2H3,(H3,30,31)(H,32,37)(H,33,34);(H,6,7);1H;1H,(H,2,3). The van der Waals surface area contributed by atoms with Gasteiger partial charge in [-0.2, -0.15) is 39.5 Å². The van der Waals surface area contributed by atoms with Crippen LogP contribution in [0.3, 0.4) is 0 Å². The number of hydrogen-bond acceptors (Lipinski definition) is 9. The Morgan fingerprint density at radius 2 is 1.58 bits per heavy atom. The molecule has 0 saturated carbocycles. The number of aliphatic carboxylic acids is 1. The number of phenolic OH excluding ortho intramolecular Hbond substituents is 1. The number of carbonyl (C=O) groups is 3. The topological polar surface area (TPSA) is 247 Å². The van der Waals surface area contributed by atoms with Gasteiger partial charge in [-0.05, 0) is 49.7 Å². The first-order chi connectivity index (χ1) is 23.8. The van der Waals surface area contributed by atoms with Gasteiger partial charge in [-0.1, -0.05) is 0 Å². The second kappa shape index (κ2) is 19.9. The van der Waals surface area contributed by atoms with Gasteiger partial charge in [0.25, 0.3) is 12.0 Å². The molecular weight excluding hydrogens is 736 g/mol. The maximum atomic E-state index is 14.2. The summed E-state index contributed by atoms with van der Waals surface area (Å²) < 4.78 is 116. The minimum atomic E-state index is -5.08. The van der Waals surface area contributed by atoms with Crippen LogP contribution in [0.15, 0.2) is 41.3 Å². The summed E-state index contributed by atoms with van der Waals surface area (Å²) in [5.41, 5.74) is 8.36. The zero-order valence-electron chi connectivity index (χ0n) is 26.4. The number of nitrogens with two attached hydrogens (primary N) is 2. The average molecular weight is 766 g/mol. The third-order valence-corrected chi connectivity index (χ3v) is 5.49. The molecule has 0 fully saturated rings. The lowest BCUT2D eigenvalue weighted by molar-refractivity contribution is -0.192. The van der Waals surface area contributed by atoms with E-state index in [-0.39, 0.29) is 47.4 Å². The number of anilines is 2. The van der Waals surface area contributed by atoms with Crippen molar-refractivity contribution in [2.75, 3.05) is 11.1 Å². The Morgan fingerprint density at radius 1 is 1.06 bits per heavy atom. The predicted molar refractivity (Wildman–Crippen MR) is 163 cm³/mol. The number of amides is 1. The minimum Gasteiger partial charge on any atom is -0.507 e. The van der Waals surface area contributed by atoms with Gasteiger partial charge in [0.1, 0.15) is 23.9 Å². The molecule has 0 spiro atoms. The van der Waals surface area contributed by atoms with Crippen molar-refractivity contribution < 1.29 is 73.6 Å². The Balaban J connectivity index is 0.00000158. The molecule has 24 heteroatoms. The van der Waals surface area contributed by atoms with Gasteiger partial charge in [0.15, 0.2) is 5.82 Å². The van der Waals surface area contributed by atoms with Crippen LogP contribution in [0.5, 0.6) is 5.75 Å². The predicted octanol–water partition coefficient (Wildman–Crippen LogP) is 4.29. The van der Waals surface area contributed by atoms with Crippen molar-refractivity contribution in [3.05, 3.63) is 69.4 Å². The number of halogens is 10. The van der Waals surface area contributed by atoms with Crippen molar-refractivity contribution in [2.45, 2.75) is 52.0 Å². The van der Waals surface area contributed by atoms with Crippen molar-refractivity contribution in [2.24, 2.45) is 5.73 Å². The molecule has 2 aromatic carbocycles. The molecule has 288 valence electrons. The van der Waals surface area contributed by atoms with Gasteiger partial charge in [0.2, 0.25) is 5.91 Å². The number of aromatic nitrogens is 2. The third-order valence-electron chi connectivity index (χ3n) is 5.49. The molecule has 0 radical (unpaired) electrons. The highest BCUT2D eigenvalue weighted by molar-refractivity contribution is 5.97. The maximum Gasteiger partial charge on any atom is 0.490 e. The summed E-state index contributed by atoms with van der Waals surface area (Å²) in [6.07, 6.45) is -8.64. The Hall–Kier alpha value is -6.10. The van der Waals surface area contributed by atoms with Crippen LogP contribution in [0.4, 0.5) is 55.4 Å². The second-order valence-corrected chi connectivity index (χ2v) is 9.84. The average Bonchev–Trinajstić information content (AvgIpc) is 2.96. The van der Waals surface area contributed by atoms with Crippen LogP contribution >= 0.6 is 0 Å². The van der Waals surface area contributed by atoms with E-state index in [2.05, 4.69) is 15.6 Å². The Bertz CT molecular complexity index is 1740. The second-order valence-electron chi connectivity index (χ2n) is 9.84. The highest BCUT2D eigenvalue weighted by Gasteiger charge is 2.38. The van der Waals surface area contributed by atoms with E-state index < -0.39 is 71.5 Å². The van der Waals surface area contributed by atoms with Crippen molar-refractivity contribution in [3.8, 4) is 17.0 Å². The molecule has 10 N–H and O–H groups in total. The molecule has 1 amide bonds. The van der Waals surface area contributed by atoms with E-state index in [1.165, 1.54) is 6.07 Å².